The summed E-state index contributed by atoms with van der Waals surface area (Å²) in [5, 5.41) is 10.9. The smallest absolute Gasteiger partial charge is 0.225 e. The molecule has 0 bridgehead atoms. The highest BCUT2D eigenvalue weighted by Crippen LogP contribution is 2.45. The molecule has 1 aliphatic carbocycles. The van der Waals surface area contributed by atoms with Crippen LogP contribution in [0.3, 0.4) is 0 Å². The largest absolute Gasteiger partial charge is 0.355 e. The molecule has 1 saturated carbocycles. The molecule has 2 aliphatic rings. The summed E-state index contributed by atoms with van der Waals surface area (Å²) in [5.41, 5.74) is 1.53. The van der Waals surface area contributed by atoms with Crippen molar-refractivity contribution in [1.29, 1.82) is 0 Å². The Kier molecular flexibility index (Phi) is 6.32. The molecule has 5 nitrogen and oxygen atoms in total. The van der Waals surface area contributed by atoms with Gasteiger partial charge in [0.15, 0.2) is 0 Å². The Balaban J connectivity index is 0.00000208. The van der Waals surface area contributed by atoms with Crippen LogP contribution in [0.15, 0.2) is 12.4 Å². The molecule has 2 atom stereocenters. The molecule has 0 unspecified atom stereocenters. The lowest BCUT2D eigenvalue weighted by Crippen LogP contribution is -2.45. The second-order valence-corrected chi connectivity index (χ2v) is 7.99. The fraction of sp³-hybridized carbons (Fsp3) is 0.778. The summed E-state index contributed by atoms with van der Waals surface area (Å²) in [6, 6.07) is 0. The van der Waals surface area contributed by atoms with Gasteiger partial charge < -0.3 is 10.6 Å². The number of amides is 1. The normalized spacial score (nSPS) is 25.2. The number of aryl methyl sites for hydroxylation is 1. The number of carbonyl (C=O) groups excluding carboxylic acids is 1. The summed E-state index contributed by atoms with van der Waals surface area (Å²) >= 11 is 0. The minimum atomic E-state index is 0. The van der Waals surface area contributed by atoms with E-state index in [9.17, 15) is 4.79 Å². The van der Waals surface area contributed by atoms with E-state index in [4.69, 9.17) is 0 Å². The van der Waals surface area contributed by atoms with Crippen molar-refractivity contribution in [3.05, 3.63) is 18.0 Å². The quantitative estimate of drug-likeness (QED) is 0.825. The van der Waals surface area contributed by atoms with E-state index >= 15 is 0 Å². The van der Waals surface area contributed by atoms with E-state index in [1.165, 1.54) is 25.7 Å². The van der Waals surface area contributed by atoms with Crippen LogP contribution < -0.4 is 10.6 Å². The zero-order valence-electron chi connectivity index (χ0n) is 15.0. The second kappa shape index (κ2) is 7.87. The maximum Gasteiger partial charge on any atom is 0.225 e. The van der Waals surface area contributed by atoms with Gasteiger partial charge in [0.25, 0.3) is 0 Å². The van der Waals surface area contributed by atoms with Crippen molar-refractivity contribution in [2.75, 3.05) is 19.6 Å². The van der Waals surface area contributed by atoms with E-state index in [-0.39, 0.29) is 30.2 Å². The van der Waals surface area contributed by atoms with Crippen LogP contribution in [0.4, 0.5) is 0 Å². The van der Waals surface area contributed by atoms with Crippen LogP contribution in [0.1, 0.15) is 51.0 Å². The summed E-state index contributed by atoms with van der Waals surface area (Å²) in [5.74, 6) is 1.17. The molecule has 2 N–H and O–H groups in total. The third-order valence-electron chi connectivity index (χ3n) is 5.60. The van der Waals surface area contributed by atoms with Gasteiger partial charge in [-0.15, -0.1) is 12.4 Å². The molecule has 1 aromatic heterocycles. The third-order valence-corrected chi connectivity index (χ3v) is 5.60. The van der Waals surface area contributed by atoms with Gasteiger partial charge in [-0.25, -0.2) is 0 Å². The zero-order valence-corrected chi connectivity index (χ0v) is 15.9. The predicted octanol–water partition coefficient (Wildman–Crippen LogP) is 2.48. The van der Waals surface area contributed by atoms with Gasteiger partial charge in [0.2, 0.25) is 5.91 Å². The second-order valence-electron chi connectivity index (χ2n) is 7.99. The highest BCUT2D eigenvalue weighted by Gasteiger charge is 2.39. The lowest BCUT2D eigenvalue weighted by atomic mass is 9.64. The first kappa shape index (κ1) is 19.3. The van der Waals surface area contributed by atoms with E-state index < -0.39 is 0 Å². The van der Waals surface area contributed by atoms with Crippen molar-refractivity contribution < 1.29 is 4.79 Å². The van der Waals surface area contributed by atoms with Crippen LogP contribution >= 0.6 is 12.4 Å². The van der Waals surface area contributed by atoms with Crippen molar-refractivity contribution in [3.63, 3.8) is 0 Å². The van der Waals surface area contributed by atoms with Crippen LogP contribution in [-0.2, 0) is 11.8 Å². The predicted molar refractivity (Wildman–Crippen MR) is 98.3 cm³/mol. The Bertz CT molecular complexity index is 553. The minimum absolute atomic E-state index is 0. The highest BCUT2D eigenvalue weighted by atomic mass is 35.5. The maximum absolute atomic E-state index is 12.7. The van der Waals surface area contributed by atoms with Gasteiger partial charge in [-0.1, -0.05) is 20.3 Å². The zero-order chi connectivity index (χ0) is 16.4. The van der Waals surface area contributed by atoms with Gasteiger partial charge >= 0.3 is 0 Å². The van der Waals surface area contributed by atoms with Crippen molar-refractivity contribution in [2.45, 2.75) is 45.4 Å². The van der Waals surface area contributed by atoms with E-state index in [1.54, 1.807) is 0 Å². The van der Waals surface area contributed by atoms with Crippen molar-refractivity contribution in [1.82, 2.24) is 20.4 Å². The number of nitrogens with one attached hydrogen (secondary N) is 2. The molecule has 6 heteroatoms. The number of halogens is 1. The number of nitrogens with zero attached hydrogens (tertiary/aromatic N) is 2. The van der Waals surface area contributed by atoms with Crippen LogP contribution in [0, 0.1) is 17.3 Å². The van der Waals surface area contributed by atoms with Gasteiger partial charge in [0.05, 0.1) is 12.1 Å². The van der Waals surface area contributed by atoms with Gasteiger partial charge in [-0.2, -0.15) is 5.10 Å². The monoisotopic (exact) mass is 354 g/mol. The topological polar surface area (TPSA) is 59.0 Å². The SMILES string of the molecule is CC(C)CC1(CNC(=O)[C@H]2CNC[C@@H]2c2cnn(C)c2)CCC1.Cl. The summed E-state index contributed by atoms with van der Waals surface area (Å²) in [7, 11) is 1.92. The van der Waals surface area contributed by atoms with Crippen LogP contribution in [0.5, 0.6) is 0 Å². The number of rotatable bonds is 6. The molecule has 0 spiro atoms. The van der Waals surface area contributed by atoms with Gasteiger partial charge in [0.1, 0.15) is 0 Å². The first-order chi connectivity index (χ1) is 11.0. The Labute approximate surface area is 151 Å². The molecule has 0 radical (unpaired) electrons. The summed E-state index contributed by atoms with van der Waals surface area (Å²) in [6.45, 7) is 7.03. The van der Waals surface area contributed by atoms with E-state index in [1.807, 2.05) is 24.1 Å². The van der Waals surface area contributed by atoms with Crippen molar-refractivity contribution in [2.24, 2.45) is 24.3 Å². The Hall–Kier alpha value is -1.07. The number of aromatic nitrogens is 2. The molecule has 1 aromatic rings. The lowest BCUT2D eigenvalue weighted by molar-refractivity contribution is -0.125. The molecule has 2 fully saturated rings. The third kappa shape index (κ3) is 4.12. The van der Waals surface area contributed by atoms with Crippen LogP contribution in [-0.4, -0.2) is 35.3 Å². The maximum atomic E-state index is 12.7. The Morgan fingerprint density at radius 1 is 1.46 bits per heavy atom. The summed E-state index contributed by atoms with van der Waals surface area (Å²) < 4.78 is 1.81. The Morgan fingerprint density at radius 3 is 2.75 bits per heavy atom. The van der Waals surface area contributed by atoms with Crippen LogP contribution in [0.2, 0.25) is 0 Å². The number of carbonyl (C=O) groups is 1. The van der Waals surface area contributed by atoms with Crippen LogP contribution in [0.25, 0.3) is 0 Å². The number of hydrogen-bond donors (Lipinski definition) is 2. The van der Waals surface area contributed by atoms with E-state index in [2.05, 4.69) is 29.6 Å². The Morgan fingerprint density at radius 2 is 2.21 bits per heavy atom. The van der Waals surface area contributed by atoms with Gasteiger partial charge in [0, 0.05) is 38.8 Å². The molecule has 136 valence electrons. The fourth-order valence-corrected chi connectivity index (χ4v) is 4.34. The average molecular weight is 355 g/mol. The molecule has 0 aromatic carbocycles. The molecule has 1 aliphatic heterocycles. The average Bonchev–Trinajstić information content (AvgIpc) is 3.09. The van der Waals surface area contributed by atoms with E-state index in [0.29, 0.717) is 11.3 Å². The molecular weight excluding hydrogens is 324 g/mol. The highest BCUT2D eigenvalue weighted by molar-refractivity contribution is 5.85. The molecule has 1 saturated heterocycles. The van der Waals surface area contributed by atoms with Crippen molar-refractivity contribution in [3.8, 4) is 0 Å². The summed E-state index contributed by atoms with van der Waals surface area (Å²) in [4.78, 5) is 12.7. The first-order valence-corrected chi connectivity index (χ1v) is 8.96. The van der Waals surface area contributed by atoms with Gasteiger partial charge in [-0.3, -0.25) is 9.48 Å². The first-order valence-electron chi connectivity index (χ1n) is 8.96. The van der Waals surface area contributed by atoms with Gasteiger partial charge in [-0.05, 0) is 36.2 Å². The lowest BCUT2D eigenvalue weighted by Gasteiger charge is -2.43. The molecule has 2 heterocycles. The van der Waals surface area contributed by atoms with E-state index in [0.717, 1.165) is 25.2 Å². The van der Waals surface area contributed by atoms with Crippen molar-refractivity contribution >= 4 is 18.3 Å². The summed E-state index contributed by atoms with van der Waals surface area (Å²) in [6.07, 6.45) is 8.99. The standard InChI is InChI=1S/C18H30N4O.ClH/c1-13(2)7-18(5-4-6-18)12-20-17(23)16-10-19-9-15(16)14-8-21-22(3)11-14;/h8,11,13,15-16,19H,4-7,9-10,12H2,1-3H3,(H,20,23);1H/t15-,16+;/m1./s1. The molecule has 3 rings (SSSR count). The molecule has 1 amide bonds. The molecular formula is C18H31ClN4O. The number of hydrogen-bond acceptors (Lipinski definition) is 3. The fourth-order valence-electron chi connectivity index (χ4n) is 4.34. The molecule has 24 heavy (non-hydrogen) atoms. The minimum Gasteiger partial charge on any atom is -0.355 e.